The molecule has 0 aliphatic rings. The maximum absolute atomic E-state index is 14.1. The zero-order valence-corrected chi connectivity index (χ0v) is 17.3. The molecule has 0 amide bonds. The fourth-order valence-corrected chi connectivity index (χ4v) is 3.26. The van der Waals surface area contributed by atoms with Crippen LogP contribution in [0.15, 0.2) is 59.4 Å². The van der Waals surface area contributed by atoms with Crippen LogP contribution in [-0.2, 0) is 11.2 Å². The van der Waals surface area contributed by atoms with Crippen molar-refractivity contribution in [1.29, 1.82) is 0 Å². The second-order valence-corrected chi connectivity index (χ2v) is 7.20. The number of carboxylic acid groups (broad SMARTS) is 1. The van der Waals surface area contributed by atoms with E-state index in [0.29, 0.717) is 24.7 Å². The molecule has 0 saturated carbocycles. The molecular weight excluding hydrogens is 436 g/mol. The number of hydrogen-bond acceptors (Lipinski definition) is 6. The highest BCUT2D eigenvalue weighted by Gasteiger charge is 2.20. The van der Waals surface area contributed by atoms with Gasteiger partial charge in [-0.2, -0.15) is 0 Å². The summed E-state index contributed by atoms with van der Waals surface area (Å²) in [6, 6.07) is 10.4. The fourth-order valence-electron chi connectivity index (χ4n) is 3.26. The van der Waals surface area contributed by atoms with Crippen LogP contribution in [-0.4, -0.2) is 45.7 Å². The first kappa shape index (κ1) is 23.8. The second kappa shape index (κ2) is 10.2. The van der Waals surface area contributed by atoms with Crippen molar-refractivity contribution in [3.05, 3.63) is 93.3 Å². The summed E-state index contributed by atoms with van der Waals surface area (Å²) in [6.07, 6.45) is 0.455. The smallest absolute Gasteiger partial charge is 0.323 e. The Morgan fingerprint density at radius 1 is 1.03 bits per heavy atom. The van der Waals surface area contributed by atoms with Gasteiger partial charge < -0.3 is 21.3 Å². The number of carboxylic acids is 1. The second-order valence-electron chi connectivity index (χ2n) is 7.20. The van der Waals surface area contributed by atoms with Crippen LogP contribution in [0.4, 0.5) is 14.6 Å². The van der Waals surface area contributed by atoms with Crippen LogP contribution in [0, 0.1) is 11.6 Å². The van der Waals surface area contributed by atoms with Crippen molar-refractivity contribution in [3.63, 3.8) is 0 Å². The van der Waals surface area contributed by atoms with E-state index in [1.807, 2.05) is 0 Å². The molecule has 0 saturated heterocycles. The number of aliphatic hydroxyl groups excluding tert-OH is 1. The van der Waals surface area contributed by atoms with Gasteiger partial charge in [0.05, 0.1) is 23.4 Å². The number of aliphatic carboxylic acids is 1. The molecule has 5 N–H and O–H groups in total. The quantitative estimate of drug-likeness (QED) is 0.358. The fraction of sp³-hybridized carbons (Fsp3) is 0.174. The zero-order chi connectivity index (χ0) is 24.1. The molecule has 8 nitrogen and oxygen atoms in total. The number of aliphatic hydroxyl groups is 1. The number of ketones is 1. The van der Waals surface area contributed by atoms with Crippen molar-refractivity contribution in [2.75, 3.05) is 18.9 Å². The van der Waals surface area contributed by atoms with Crippen LogP contribution >= 0.6 is 0 Å². The number of nitrogens with two attached hydrogens (primary N) is 1. The van der Waals surface area contributed by atoms with E-state index in [2.05, 4.69) is 5.32 Å². The number of benzene rings is 2. The minimum Gasteiger partial charge on any atom is -0.480 e. The van der Waals surface area contributed by atoms with Gasteiger partial charge in [0, 0.05) is 18.7 Å². The zero-order valence-electron chi connectivity index (χ0n) is 17.3. The molecule has 0 bridgehead atoms. The molecule has 3 rings (SSSR count). The normalized spacial score (nSPS) is 11.8. The van der Waals surface area contributed by atoms with Gasteiger partial charge in [-0.15, -0.1) is 0 Å². The van der Waals surface area contributed by atoms with E-state index in [1.165, 1.54) is 6.07 Å². The van der Waals surface area contributed by atoms with Crippen LogP contribution in [0.3, 0.4) is 0 Å². The molecule has 0 unspecified atom stereocenters. The average Bonchev–Trinajstić information content (AvgIpc) is 2.77. The van der Waals surface area contributed by atoms with Crippen molar-refractivity contribution in [3.8, 4) is 5.69 Å². The Hall–Kier alpha value is -3.89. The number of halogens is 2. The maximum atomic E-state index is 14.1. The molecule has 0 spiro atoms. The highest BCUT2D eigenvalue weighted by Crippen LogP contribution is 2.21. The van der Waals surface area contributed by atoms with E-state index in [0.717, 1.165) is 28.3 Å². The molecule has 0 radical (unpaired) electrons. The molecule has 0 aliphatic heterocycles. The maximum Gasteiger partial charge on any atom is 0.323 e. The van der Waals surface area contributed by atoms with Crippen LogP contribution in [0.25, 0.3) is 5.69 Å². The Kier molecular flexibility index (Phi) is 7.31. The van der Waals surface area contributed by atoms with Crippen molar-refractivity contribution < 1.29 is 28.6 Å². The number of pyridine rings is 1. The Bertz CT molecular complexity index is 1240. The predicted octanol–water partition coefficient (Wildman–Crippen LogP) is 1.51. The van der Waals surface area contributed by atoms with Gasteiger partial charge in [0.15, 0.2) is 5.78 Å². The standard InChI is InChI=1S/C23H21F2N3O5/c24-14-3-6-16(18(25)11-14)21(31)17-7-8-20(30)28(22(17)26)15-4-1-13(2-5-15)9-10-27-19(12-29)23(32)33/h1-8,11,19,27,29H,9-10,12,26H2,(H,32,33)/t19-/m0/s1. The molecule has 1 atom stereocenters. The number of carbonyl (C=O) groups excluding carboxylic acids is 1. The van der Waals surface area contributed by atoms with Crippen LogP contribution in [0.1, 0.15) is 21.5 Å². The van der Waals surface area contributed by atoms with E-state index in [4.69, 9.17) is 15.9 Å². The summed E-state index contributed by atoms with van der Waals surface area (Å²) < 4.78 is 28.3. The van der Waals surface area contributed by atoms with Crippen LogP contribution < -0.4 is 16.6 Å². The molecule has 1 heterocycles. The van der Waals surface area contributed by atoms with Gasteiger partial charge >= 0.3 is 5.97 Å². The average molecular weight is 457 g/mol. The number of nitrogens with one attached hydrogen (secondary N) is 1. The summed E-state index contributed by atoms with van der Waals surface area (Å²) in [7, 11) is 0. The SMILES string of the molecule is Nc1c(C(=O)c2ccc(F)cc2F)ccc(=O)n1-c1ccc(CCN[C@@H](CO)C(=O)O)cc1. The summed E-state index contributed by atoms with van der Waals surface area (Å²) in [5.41, 5.74) is 6.27. The molecule has 10 heteroatoms. The number of anilines is 1. The summed E-state index contributed by atoms with van der Waals surface area (Å²) in [5.74, 6) is -4.01. The first-order valence-electron chi connectivity index (χ1n) is 9.90. The molecule has 3 aromatic rings. The minimum atomic E-state index is -1.15. The number of aromatic nitrogens is 1. The Morgan fingerprint density at radius 3 is 2.30 bits per heavy atom. The van der Waals surface area contributed by atoms with Gasteiger partial charge in [-0.1, -0.05) is 12.1 Å². The van der Waals surface area contributed by atoms with Crippen molar-refractivity contribution >= 4 is 17.6 Å². The third-order valence-corrected chi connectivity index (χ3v) is 5.03. The van der Waals surface area contributed by atoms with E-state index in [9.17, 15) is 23.2 Å². The summed E-state index contributed by atoms with van der Waals surface area (Å²) in [5, 5.41) is 20.6. The summed E-state index contributed by atoms with van der Waals surface area (Å²) >= 11 is 0. The lowest BCUT2D eigenvalue weighted by atomic mass is 10.0. The number of nitrogen functional groups attached to an aromatic ring is 1. The van der Waals surface area contributed by atoms with Crippen molar-refractivity contribution in [2.24, 2.45) is 0 Å². The first-order chi connectivity index (χ1) is 15.7. The lowest BCUT2D eigenvalue weighted by molar-refractivity contribution is -0.140. The minimum absolute atomic E-state index is 0.114. The van der Waals surface area contributed by atoms with Gasteiger partial charge in [-0.25, -0.2) is 8.78 Å². The molecule has 0 fully saturated rings. The molecule has 0 aliphatic carbocycles. The largest absolute Gasteiger partial charge is 0.480 e. The molecular formula is C23H21F2N3O5. The monoisotopic (exact) mass is 457 g/mol. The number of carbonyl (C=O) groups is 2. The van der Waals surface area contributed by atoms with E-state index in [-0.39, 0.29) is 16.9 Å². The van der Waals surface area contributed by atoms with Crippen molar-refractivity contribution in [1.82, 2.24) is 9.88 Å². The molecule has 2 aromatic carbocycles. The van der Waals surface area contributed by atoms with Gasteiger partial charge in [0.2, 0.25) is 0 Å². The Labute approximate surface area is 186 Å². The summed E-state index contributed by atoms with van der Waals surface area (Å²) in [6.45, 7) is -0.237. The Morgan fingerprint density at radius 2 is 1.70 bits per heavy atom. The number of hydrogen-bond donors (Lipinski definition) is 4. The third kappa shape index (κ3) is 5.30. The number of rotatable bonds is 9. The summed E-state index contributed by atoms with van der Waals surface area (Å²) in [4.78, 5) is 36.1. The van der Waals surface area contributed by atoms with E-state index >= 15 is 0 Å². The molecule has 172 valence electrons. The van der Waals surface area contributed by atoms with Crippen LogP contribution in [0.2, 0.25) is 0 Å². The molecule has 1 aromatic heterocycles. The predicted molar refractivity (Wildman–Crippen MR) is 116 cm³/mol. The number of nitrogens with zero attached hydrogens (tertiary/aromatic N) is 1. The van der Waals surface area contributed by atoms with Crippen molar-refractivity contribution in [2.45, 2.75) is 12.5 Å². The lowest BCUT2D eigenvalue weighted by Crippen LogP contribution is -2.40. The van der Waals surface area contributed by atoms with Crippen LogP contribution in [0.5, 0.6) is 0 Å². The molecule has 33 heavy (non-hydrogen) atoms. The lowest BCUT2D eigenvalue weighted by Gasteiger charge is -2.14. The van der Waals surface area contributed by atoms with E-state index in [1.54, 1.807) is 24.3 Å². The van der Waals surface area contributed by atoms with Gasteiger partial charge in [0.25, 0.3) is 5.56 Å². The van der Waals surface area contributed by atoms with Gasteiger partial charge in [0.1, 0.15) is 23.5 Å². The van der Waals surface area contributed by atoms with Gasteiger partial charge in [-0.3, -0.25) is 19.0 Å². The topological polar surface area (TPSA) is 135 Å². The highest BCUT2D eigenvalue weighted by molar-refractivity contribution is 6.11. The Balaban J connectivity index is 1.84. The van der Waals surface area contributed by atoms with E-state index < -0.39 is 41.6 Å². The van der Waals surface area contributed by atoms with Gasteiger partial charge in [-0.05, 0) is 42.3 Å². The first-order valence-corrected chi connectivity index (χ1v) is 9.90. The highest BCUT2D eigenvalue weighted by atomic mass is 19.1. The third-order valence-electron chi connectivity index (χ3n) is 5.03.